The van der Waals surface area contributed by atoms with Gasteiger partial charge in [0.05, 0.1) is 0 Å². The lowest BCUT2D eigenvalue weighted by Gasteiger charge is -2.26. The minimum atomic E-state index is 0.231. The van der Waals surface area contributed by atoms with E-state index in [0.29, 0.717) is 5.92 Å². The summed E-state index contributed by atoms with van der Waals surface area (Å²) in [6, 6.07) is 9.00. The quantitative estimate of drug-likeness (QED) is 0.841. The second kappa shape index (κ2) is 6.95. The summed E-state index contributed by atoms with van der Waals surface area (Å²) in [5.41, 5.74) is 2.93. The normalized spacial score (nSPS) is 13.4. The lowest BCUT2D eigenvalue weighted by Crippen LogP contribution is -2.31. The zero-order valence-corrected chi connectivity index (χ0v) is 13.5. The highest BCUT2D eigenvalue weighted by atomic mass is 15.1. The van der Waals surface area contributed by atoms with E-state index in [0.717, 1.165) is 13.1 Å². The molecule has 0 radical (unpaired) electrons. The predicted octanol–water partition coefficient (Wildman–Crippen LogP) is 3.67. The Morgan fingerprint density at radius 3 is 2.16 bits per heavy atom. The van der Waals surface area contributed by atoms with Crippen molar-refractivity contribution in [2.45, 2.75) is 39.5 Å². The summed E-state index contributed by atoms with van der Waals surface area (Å²) in [5, 5.41) is 3.28. The number of hydrogen-bond acceptors (Lipinski definition) is 2. The van der Waals surface area contributed by atoms with E-state index in [2.05, 4.69) is 69.2 Å². The Kier molecular flexibility index (Phi) is 5.86. The maximum Gasteiger partial charge on any atom is 0.0363 e. The maximum atomic E-state index is 3.28. The Morgan fingerprint density at radius 1 is 1.16 bits per heavy atom. The van der Waals surface area contributed by atoms with Crippen molar-refractivity contribution in [1.29, 1.82) is 0 Å². The van der Waals surface area contributed by atoms with Gasteiger partial charge in [0, 0.05) is 19.3 Å². The average Bonchev–Trinajstić information content (AvgIpc) is 2.37. The zero-order valence-electron chi connectivity index (χ0n) is 13.5. The van der Waals surface area contributed by atoms with Crippen LogP contribution in [-0.2, 0) is 5.41 Å². The van der Waals surface area contributed by atoms with Gasteiger partial charge in [0.15, 0.2) is 0 Å². The highest BCUT2D eigenvalue weighted by molar-refractivity contribution is 5.47. The molecule has 1 aromatic carbocycles. The first-order chi connectivity index (χ1) is 8.88. The van der Waals surface area contributed by atoms with E-state index in [-0.39, 0.29) is 5.41 Å². The molecule has 1 rings (SSSR count). The fourth-order valence-electron chi connectivity index (χ4n) is 2.34. The largest absolute Gasteiger partial charge is 0.374 e. The summed E-state index contributed by atoms with van der Waals surface area (Å²) in [7, 11) is 4.21. The molecule has 1 aromatic rings. The van der Waals surface area contributed by atoms with Gasteiger partial charge in [0.1, 0.15) is 0 Å². The Bertz CT molecular complexity index is 362. The lowest BCUT2D eigenvalue weighted by atomic mass is 9.87. The molecule has 1 unspecified atom stereocenters. The van der Waals surface area contributed by atoms with Gasteiger partial charge in [0.2, 0.25) is 0 Å². The van der Waals surface area contributed by atoms with E-state index >= 15 is 0 Å². The molecule has 0 heterocycles. The zero-order chi connectivity index (χ0) is 14.5. The first-order valence-electron chi connectivity index (χ1n) is 7.34. The smallest absolute Gasteiger partial charge is 0.0363 e. The number of rotatable bonds is 6. The Balaban J connectivity index is 2.69. The first kappa shape index (κ1) is 16.0. The SMILES string of the molecule is CCC(CNC)CN(C)c1ccc(C(C)(C)C)cc1. The van der Waals surface area contributed by atoms with E-state index in [9.17, 15) is 0 Å². The molecule has 2 heteroatoms. The number of nitrogens with one attached hydrogen (secondary N) is 1. The van der Waals surface area contributed by atoms with E-state index in [1.54, 1.807) is 0 Å². The first-order valence-corrected chi connectivity index (χ1v) is 7.34. The Labute approximate surface area is 119 Å². The molecule has 0 spiro atoms. The van der Waals surface area contributed by atoms with Crippen LogP contribution in [0.25, 0.3) is 0 Å². The van der Waals surface area contributed by atoms with Crippen LogP contribution in [0.15, 0.2) is 24.3 Å². The standard InChI is InChI=1S/C17H30N2/c1-7-14(12-18-5)13-19(6)16-10-8-15(9-11-16)17(2,3)4/h8-11,14,18H,7,12-13H2,1-6H3. The van der Waals surface area contributed by atoms with Crippen LogP contribution in [0.3, 0.4) is 0 Å². The van der Waals surface area contributed by atoms with Gasteiger partial charge in [-0.05, 0) is 42.6 Å². The van der Waals surface area contributed by atoms with Gasteiger partial charge < -0.3 is 10.2 Å². The van der Waals surface area contributed by atoms with Gasteiger partial charge in [-0.3, -0.25) is 0 Å². The molecule has 1 N–H and O–H groups in total. The number of nitrogens with zero attached hydrogens (tertiary/aromatic N) is 1. The van der Waals surface area contributed by atoms with E-state index in [1.807, 2.05) is 7.05 Å². The summed E-state index contributed by atoms with van der Waals surface area (Å²) in [5.74, 6) is 0.706. The molecule has 108 valence electrons. The van der Waals surface area contributed by atoms with Crippen molar-refractivity contribution in [1.82, 2.24) is 5.32 Å². The summed E-state index contributed by atoms with van der Waals surface area (Å²) in [6.07, 6.45) is 1.21. The number of anilines is 1. The molecule has 2 nitrogen and oxygen atoms in total. The third-order valence-electron chi connectivity index (χ3n) is 3.78. The van der Waals surface area contributed by atoms with Gasteiger partial charge >= 0.3 is 0 Å². The van der Waals surface area contributed by atoms with Crippen molar-refractivity contribution >= 4 is 5.69 Å². The van der Waals surface area contributed by atoms with Crippen molar-refractivity contribution in [2.75, 3.05) is 32.1 Å². The molecule has 0 aliphatic carbocycles. The fourth-order valence-corrected chi connectivity index (χ4v) is 2.34. The van der Waals surface area contributed by atoms with Crippen LogP contribution >= 0.6 is 0 Å². The van der Waals surface area contributed by atoms with Gasteiger partial charge in [-0.1, -0.05) is 46.2 Å². The van der Waals surface area contributed by atoms with Crippen LogP contribution in [-0.4, -0.2) is 27.2 Å². The Hall–Kier alpha value is -1.02. The average molecular weight is 262 g/mol. The molecular weight excluding hydrogens is 232 g/mol. The van der Waals surface area contributed by atoms with Crippen molar-refractivity contribution in [3.63, 3.8) is 0 Å². The van der Waals surface area contributed by atoms with Crippen LogP contribution in [0.1, 0.15) is 39.7 Å². The van der Waals surface area contributed by atoms with Gasteiger partial charge in [0.25, 0.3) is 0 Å². The molecule has 0 saturated carbocycles. The van der Waals surface area contributed by atoms with E-state index in [1.165, 1.54) is 17.7 Å². The molecular formula is C17H30N2. The van der Waals surface area contributed by atoms with Crippen LogP contribution in [0, 0.1) is 5.92 Å². The molecule has 19 heavy (non-hydrogen) atoms. The minimum Gasteiger partial charge on any atom is -0.374 e. The molecule has 0 aliphatic heterocycles. The molecule has 0 aromatic heterocycles. The number of hydrogen-bond donors (Lipinski definition) is 1. The topological polar surface area (TPSA) is 15.3 Å². The van der Waals surface area contributed by atoms with Crippen LogP contribution < -0.4 is 10.2 Å². The minimum absolute atomic E-state index is 0.231. The summed E-state index contributed by atoms with van der Waals surface area (Å²) < 4.78 is 0. The van der Waals surface area contributed by atoms with Gasteiger partial charge in [-0.25, -0.2) is 0 Å². The summed E-state index contributed by atoms with van der Waals surface area (Å²) in [6.45, 7) is 11.2. The van der Waals surface area contributed by atoms with Gasteiger partial charge in [-0.15, -0.1) is 0 Å². The second-order valence-electron chi connectivity index (χ2n) is 6.51. The third kappa shape index (κ3) is 4.87. The highest BCUT2D eigenvalue weighted by Crippen LogP contribution is 2.24. The van der Waals surface area contributed by atoms with Crippen LogP contribution in [0.4, 0.5) is 5.69 Å². The molecule has 0 aliphatic rings. The van der Waals surface area contributed by atoms with Crippen molar-refractivity contribution < 1.29 is 0 Å². The summed E-state index contributed by atoms with van der Waals surface area (Å²) in [4.78, 5) is 2.36. The van der Waals surface area contributed by atoms with Crippen molar-refractivity contribution in [3.8, 4) is 0 Å². The highest BCUT2D eigenvalue weighted by Gasteiger charge is 2.14. The molecule has 0 bridgehead atoms. The van der Waals surface area contributed by atoms with E-state index < -0.39 is 0 Å². The third-order valence-corrected chi connectivity index (χ3v) is 3.78. The predicted molar refractivity (Wildman–Crippen MR) is 86.1 cm³/mol. The summed E-state index contributed by atoms with van der Waals surface area (Å²) >= 11 is 0. The fraction of sp³-hybridized carbons (Fsp3) is 0.647. The van der Waals surface area contributed by atoms with Crippen molar-refractivity contribution in [2.24, 2.45) is 5.92 Å². The molecule has 0 amide bonds. The number of benzene rings is 1. The Morgan fingerprint density at radius 2 is 1.74 bits per heavy atom. The maximum absolute atomic E-state index is 3.28. The molecule has 0 saturated heterocycles. The monoisotopic (exact) mass is 262 g/mol. The second-order valence-corrected chi connectivity index (χ2v) is 6.51. The van der Waals surface area contributed by atoms with Crippen LogP contribution in [0.2, 0.25) is 0 Å². The molecule has 0 fully saturated rings. The van der Waals surface area contributed by atoms with Gasteiger partial charge in [-0.2, -0.15) is 0 Å². The van der Waals surface area contributed by atoms with Crippen LogP contribution in [0.5, 0.6) is 0 Å². The lowest BCUT2D eigenvalue weighted by molar-refractivity contribution is 0.484. The van der Waals surface area contributed by atoms with E-state index in [4.69, 9.17) is 0 Å². The molecule has 1 atom stereocenters. The van der Waals surface area contributed by atoms with Crippen molar-refractivity contribution in [3.05, 3.63) is 29.8 Å².